The summed E-state index contributed by atoms with van der Waals surface area (Å²) >= 11 is 0. The lowest BCUT2D eigenvalue weighted by Crippen LogP contribution is -2.37. The molecule has 4 N–H and O–H groups in total. The molecule has 138 valence electrons. The highest BCUT2D eigenvalue weighted by atomic mass is 16.4. The molecule has 1 aromatic carbocycles. The van der Waals surface area contributed by atoms with Crippen molar-refractivity contribution in [3.05, 3.63) is 75.1 Å². The molecule has 7 nitrogen and oxygen atoms in total. The third-order valence-corrected chi connectivity index (χ3v) is 5.00. The van der Waals surface area contributed by atoms with Gasteiger partial charge in [-0.05, 0) is 24.6 Å². The number of carbonyl (C=O) groups excluding carboxylic acids is 1. The standard InChI is InChI=1S/C20H16O7/c1-8-2-11-17(15-6-10(22)7-16(25)27-15)12-4-9(21)5-14(24)19(12)20(26)18(11)13(23)3-8/h2-7,11,17-18,21-24H,1H3. The number of fused-ring (bicyclic) bond motifs is 2. The van der Waals surface area contributed by atoms with Gasteiger partial charge in [-0.3, -0.25) is 4.79 Å². The second-order valence-corrected chi connectivity index (χ2v) is 6.84. The molecule has 7 heteroatoms. The normalized spacial score (nSPS) is 23.9. The Morgan fingerprint density at radius 3 is 2.33 bits per heavy atom. The Morgan fingerprint density at radius 2 is 1.63 bits per heavy atom. The zero-order valence-corrected chi connectivity index (χ0v) is 14.2. The van der Waals surface area contributed by atoms with E-state index in [2.05, 4.69) is 0 Å². The van der Waals surface area contributed by atoms with E-state index in [9.17, 15) is 30.0 Å². The predicted molar refractivity (Wildman–Crippen MR) is 94.0 cm³/mol. The molecule has 2 aliphatic rings. The maximum Gasteiger partial charge on any atom is 0.339 e. The van der Waals surface area contributed by atoms with E-state index >= 15 is 0 Å². The van der Waals surface area contributed by atoms with Gasteiger partial charge in [0.15, 0.2) is 5.78 Å². The number of phenolic OH excluding ortho intramolecular Hbond substituents is 2. The van der Waals surface area contributed by atoms with E-state index in [1.54, 1.807) is 13.0 Å². The van der Waals surface area contributed by atoms with Crippen LogP contribution in [-0.4, -0.2) is 26.2 Å². The summed E-state index contributed by atoms with van der Waals surface area (Å²) < 4.78 is 5.27. The van der Waals surface area contributed by atoms with Crippen LogP contribution in [0.1, 0.15) is 34.5 Å². The molecule has 0 saturated heterocycles. The van der Waals surface area contributed by atoms with Crippen LogP contribution in [0.4, 0.5) is 0 Å². The number of carbonyl (C=O) groups is 1. The molecular weight excluding hydrogens is 352 g/mol. The van der Waals surface area contributed by atoms with Gasteiger partial charge in [-0.1, -0.05) is 11.6 Å². The summed E-state index contributed by atoms with van der Waals surface area (Å²) in [5.41, 5.74) is 0.131. The van der Waals surface area contributed by atoms with Crippen molar-refractivity contribution in [2.24, 2.45) is 11.8 Å². The number of aliphatic hydroxyl groups excluding tert-OH is 1. The fraction of sp³-hybridized carbons (Fsp3) is 0.200. The van der Waals surface area contributed by atoms with E-state index in [4.69, 9.17) is 4.42 Å². The predicted octanol–water partition coefficient (Wildman–Crippen LogP) is 2.72. The number of hydrogen-bond acceptors (Lipinski definition) is 7. The quantitative estimate of drug-likeness (QED) is 0.609. The van der Waals surface area contributed by atoms with E-state index < -0.39 is 34.9 Å². The minimum absolute atomic E-state index is 0.0575. The molecule has 0 radical (unpaired) electrons. The summed E-state index contributed by atoms with van der Waals surface area (Å²) in [7, 11) is 0. The molecule has 0 amide bonds. The van der Waals surface area contributed by atoms with Crippen LogP contribution >= 0.6 is 0 Å². The third-order valence-electron chi connectivity index (χ3n) is 5.00. The van der Waals surface area contributed by atoms with Gasteiger partial charge in [0.2, 0.25) is 0 Å². The first kappa shape index (κ1) is 17.0. The number of ketones is 1. The summed E-state index contributed by atoms with van der Waals surface area (Å²) in [6.45, 7) is 1.75. The monoisotopic (exact) mass is 368 g/mol. The van der Waals surface area contributed by atoms with E-state index in [0.29, 0.717) is 5.57 Å². The molecule has 0 fully saturated rings. The fourth-order valence-electron chi connectivity index (χ4n) is 4.06. The summed E-state index contributed by atoms with van der Waals surface area (Å²) in [4.78, 5) is 24.8. The van der Waals surface area contributed by atoms with E-state index in [0.717, 1.165) is 12.1 Å². The number of aromatic hydroxyl groups is 3. The topological polar surface area (TPSA) is 128 Å². The average Bonchev–Trinajstić information content (AvgIpc) is 2.52. The van der Waals surface area contributed by atoms with Gasteiger partial charge in [0.05, 0.1) is 23.5 Å². The van der Waals surface area contributed by atoms with Gasteiger partial charge in [-0.25, -0.2) is 4.79 Å². The number of phenols is 2. The Morgan fingerprint density at radius 1 is 0.926 bits per heavy atom. The van der Waals surface area contributed by atoms with Crippen LogP contribution in [-0.2, 0) is 0 Å². The van der Waals surface area contributed by atoms with Crippen molar-refractivity contribution in [1.82, 2.24) is 0 Å². The van der Waals surface area contributed by atoms with Gasteiger partial charge < -0.3 is 24.8 Å². The molecule has 0 spiro atoms. The van der Waals surface area contributed by atoms with Crippen molar-refractivity contribution in [2.75, 3.05) is 0 Å². The first-order valence-corrected chi connectivity index (χ1v) is 8.29. The zero-order chi connectivity index (χ0) is 19.5. The van der Waals surface area contributed by atoms with Crippen LogP contribution in [0.2, 0.25) is 0 Å². The smallest absolute Gasteiger partial charge is 0.339 e. The summed E-state index contributed by atoms with van der Waals surface area (Å²) in [5.74, 6) is -3.98. The zero-order valence-electron chi connectivity index (χ0n) is 14.2. The highest BCUT2D eigenvalue weighted by Crippen LogP contribution is 2.51. The number of benzene rings is 1. The van der Waals surface area contributed by atoms with Gasteiger partial charge in [0.25, 0.3) is 0 Å². The first-order chi connectivity index (χ1) is 12.8. The molecule has 0 aliphatic heterocycles. The molecule has 2 aromatic rings. The molecule has 1 heterocycles. The second kappa shape index (κ2) is 5.77. The van der Waals surface area contributed by atoms with Gasteiger partial charge in [-0.15, -0.1) is 0 Å². The van der Waals surface area contributed by atoms with Crippen LogP contribution in [0, 0.1) is 11.8 Å². The maximum atomic E-state index is 13.0. The van der Waals surface area contributed by atoms with Gasteiger partial charge in [0, 0.05) is 18.1 Å². The minimum Gasteiger partial charge on any atom is -0.512 e. The Bertz CT molecular complexity index is 1090. The van der Waals surface area contributed by atoms with Crippen LogP contribution in [0.25, 0.3) is 0 Å². The van der Waals surface area contributed by atoms with Crippen molar-refractivity contribution >= 4 is 5.78 Å². The van der Waals surface area contributed by atoms with Crippen LogP contribution < -0.4 is 5.63 Å². The molecule has 3 atom stereocenters. The molecule has 1 aromatic heterocycles. The Kier molecular flexibility index (Phi) is 3.62. The fourth-order valence-corrected chi connectivity index (χ4v) is 4.06. The van der Waals surface area contributed by atoms with Crippen molar-refractivity contribution < 1.29 is 29.6 Å². The highest BCUT2D eigenvalue weighted by molar-refractivity contribution is 6.05. The van der Waals surface area contributed by atoms with Crippen LogP contribution in [0.15, 0.2) is 57.0 Å². The molecule has 2 aliphatic carbocycles. The number of rotatable bonds is 1. The van der Waals surface area contributed by atoms with Crippen LogP contribution in [0.3, 0.4) is 0 Å². The lowest BCUT2D eigenvalue weighted by molar-refractivity contribution is 0.0843. The van der Waals surface area contributed by atoms with E-state index in [-0.39, 0.29) is 34.1 Å². The molecule has 27 heavy (non-hydrogen) atoms. The minimum atomic E-state index is -0.978. The van der Waals surface area contributed by atoms with Gasteiger partial charge >= 0.3 is 5.63 Å². The first-order valence-electron chi connectivity index (χ1n) is 8.29. The van der Waals surface area contributed by atoms with Crippen molar-refractivity contribution in [3.8, 4) is 17.2 Å². The SMILES string of the molecule is CC1=CC2C(C(=O)c3c(O)cc(O)cc3C2c2cc(O)cc(=O)o2)C(O)=C1. The number of hydrogen-bond donors (Lipinski definition) is 4. The van der Waals surface area contributed by atoms with E-state index in [1.807, 2.05) is 0 Å². The Balaban J connectivity index is 2.06. The molecule has 0 bridgehead atoms. The summed E-state index contributed by atoms with van der Waals surface area (Å²) in [6.07, 6.45) is 3.23. The number of Topliss-reactive ketones (excluding diaryl/α,β-unsaturated/α-hetero) is 1. The number of aliphatic hydroxyl groups is 1. The second-order valence-electron chi connectivity index (χ2n) is 6.84. The molecule has 3 unspecified atom stereocenters. The largest absolute Gasteiger partial charge is 0.512 e. The summed E-state index contributed by atoms with van der Waals surface area (Å²) in [5, 5.41) is 40.5. The molecular formula is C20H16O7. The van der Waals surface area contributed by atoms with Crippen molar-refractivity contribution in [2.45, 2.75) is 12.8 Å². The lowest BCUT2D eigenvalue weighted by Gasteiger charge is -2.38. The lowest BCUT2D eigenvalue weighted by atomic mass is 9.64. The highest BCUT2D eigenvalue weighted by Gasteiger charge is 2.47. The molecule has 0 saturated carbocycles. The maximum absolute atomic E-state index is 13.0. The van der Waals surface area contributed by atoms with Crippen molar-refractivity contribution in [3.63, 3.8) is 0 Å². The van der Waals surface area contributed by atoms with E-state index in [1.165, 1.54) is 18.2 Å². The third kappa shape index (κ3) is 2.59. The van der Waals surface area contributed by atoms with Gasteiger partial charge in [-0.2, -0.15) is 0 Å². The Labute approximate surface area is 153 Å². The van der Waals surface area contributed by atoms with Crippen molar-refractivity contribution in [1.29, 1.82) is 0 Å². The average molecular weight is 368 g/mol. The summed E-state index contributed by atoms with van der Waals surface area (Å²) in [6, 6.07) is 4.52. The number of allylic oxidation sites excluding steroid dienone is 4. The van der Waals surface area contributed by atoms with Crippen LogP contribution in [0.5, 0.6) is 17.2 Å². The van der Waals surface area contributed by atoms with Gasteiger partial charge in [0.1, 0.15) is 28.8 Å². The molecule has 4 rings (SSSR count). The Hall–Kier alpha value is -3.48.